The van der Waals surface area contributed by atoms with Gasteiger partial charge in [0.25, 0.3) is 0 Å². The highest BCUT2D eigenvalue weighted by Crippen LogP contribution is 2.47. The van der Waals surface area contributed by atoms with Crippen LogP contribution in [0.25, 0.3) is 0 Å². The maximum Gasteiger partial charge on any atom is 0.472 e. The lowest BCUT2D eigenvalue weighted by Crippen LogP contribution is -2.64. The molecule has 0 spiro atoms. The van der Waals surface area contributed by atoms with Crippen LogP contribution in [0, 0.1) is 0 Å². The average Bonchev–Trinajstić information content (AvgIpc) is 3.19. The lowest BCUT2D eigenvalue weighted by Gasteiger charge is -2.41. The van der Waals surface area contributed by atoms with Crippen molar-refractivity contribution in [3.05, 3.63) is 12.2 Å². The van der Waals surface area contributed by atoms with Gasteiger partial charge in [0, 0.05) is 12.8 Å². The van der Waals surface area contributed by atoms with Crippen LogP contribution in [-0.2, 0) is 32.7 Å². The largest absolute Gasteiger partial charge is 0.472 e. The van der Waals surface area contributed by atoms with Crippen LogP contribution in [-0.4, -0.2) is 98.3 Å². The minimum Gasteiger partial charge on any atom is -0.462 e. The fourth-order valence-corrected chi connectivity index (χ4v) is 7.90. The minimum atomic E-state index is -5.11. The molecular weight excluding hydrogens is 755 g/mol. The summed E-state index contributed by atoms with van der Waals surface area (Å²) in [5.74, 6) is -1.10. The van der Waals surface area contributed by atoms with Gasteiger partial charge in [-0.25, -0.2) is 4.57 Å². The van der Waals surface area contributed by atoms with Gasteiger partial charge in [0.2, 0.25) is 0 Å². The quantitative estimate of drug-likeness (QED) is 0.0151. The molecule has 336 valence electrons. The molecule has 0 aromatic heterocycles. The molecule has 8 atom stereocenters. The molecule has 1 saturated carbocycles. The molecule has 0 aromatic rings. The fourth-order valence-electron chi connectivity index (χ4n) is 6.93. The highest BCUT2D eigenvalue weighted by molar-refractivity contribution is 7.47. The van der Waals surface area contributed by atoms with Gasteiger partial charge < -0.3 is 39.9 Å². The molecule has 0 aliphatic heterocycles. The van der Waals surface area contributed by atoms with Gasteiger partial charge in [-0.05, 0) is 38.5 Å². The topological polar surface area (TPSA) is 210 Å². The summed E-state index contributed by atoms with van der Waals surface area (Å²) < 4.78 is 33.5. The summed E-state index contributed by atoms with van der Waals surface area (Å²) in [5, 5.41) is 50.1. The highest BCUT2D eigenvalue weighted by Gasteiger charge is 2.51. The van der Waals surface area contributed by atoms with Crippen LogP contribution in [0.3, 0.4) is 0 Å². The number of phosphoric acid groups is 1. The van der Waals surface area contributed by atoms with E-state index in [0.717, 1.165) is 57.8 Å². The van der Waals surface area contributed by atoms with Crippen molar-refractivity contribution in [2.75, 3.05) is 13.2 Å². The molecule has 1 aliphatic carbocycles. The van der Waals surface area contributed by atoms with E-state index in [9.17, 15) is 44.6 Å². The molecule has 0 amide bonds. The van der Waals surface area contributed by atoms with E-state index in [-0.39, 0.29) is 12.8 Å². The molecule has 1 rings (SSSR count). The van der Waals surface area contributed by atoms with Crippen LogP contribution in [0.4, 0.5) is 0 Å². The second-order valence-electron chi connectivity index (χ2n) is 15.9. The number of hydrogen-bond donors (Lipinski definition) is 6. The van der Waals surface area contributed by atoms with Crippen molar-refractivity contribution >= 4 is 19.8 Å². The maximum atomic E-state index is 12.8. The van der Waals surface area contributed by atoms with E-state index in [1.54, 1.807) is 0 Å². The smallest absolute Gasteiger partial charge is 0.462 e. The van der Waals surface area contributed by atoms with E-state index in [0.29, 0.717) is 12.8 Å². The molecule has 6 unspecified atom stereocenters. The maximum absolute atomic E-state index is 12.8. The standard InChI is InChI=1S/C43H81O13P/c1-3-5-7-9-11-13-15-17-18-20-21-23-25-27-29-31-36(44)53-33-35(34-54-57(51,52)56-43-41(49)39(47)38(46)40(48)42(43)50)55-37(45)32-30-28-26-24-22-19-16-14-12-10-8-6-4-2/h13,15,35,38-43,46-50H,3-12,14,16-34H2,1-2H3,(H,51,52)/b15-13-/t35-,38?,39-,40?,41?,42?,43?/m1/s1. The first-order chi connectivity index (χ1) is 27.4. The molecule has 0 radical (unpaired) electrons. The number of unbranched alkanes of at least 4 members (excludes halogenated alkanes) is 23. The Kier molecular flexibility index (Phi) is 32.3. The van der Waals surface area contributed by atoms with Gasteiger partial charge in [-0.3, -0.25) is 18.6 Å². The number of esters is 2. The van der Waals surface area contributed by atoms with Crippen molar-refractivity contribution in [1.29, 1.82) is 0 Å². The molecule has 1 fully saturated rings. The second-order valence-corrected chi connectivity index (χ2v) is 17.3. The third kappa shape index (κ3) is 27.1. The van der Waals surface area contributed by atoms with E-state index >= 15 is 0 Å². The molecule has 13 nitrogen and oxygen atoms in total. The minimum absolute atomic E-state index is 0.101. The molecule has 57 heavy (non-hydrogen) atoms. The Morgan fingerprint density at radius 1 is 0.526 bits per heavy atom. The Hall–Kier alpha value is -1.41. The first kappa shape index (κ1) is 53.6. The van der Waals surface area contributed by atoms with Crippen LogP contribution in [0.1, 0.15) is 194 Å². The van der Waals surface area contributed by atoms with E-state index in [2.05, 4.69) is 26.0 Å². The van der Waals surface area contributed by atoms with Gasteiger partial charge in [0.1, 0.15) is 43.2 Å². The Morgan fingerprint density at radius 3 is 1.35 bits per heavy atom. The van der Waals surface area contributed by atoms with Crippen LogP contribution in [0.2, 0.25) is 0 Å². The zero-order valence-corrected chi connectivity index (χ0v) is 36.3. The van der Waals surface area contributed by atoms with Crippen molar-refractivity contribution in [3.63, 3.8) is 0 Å². The van der Waals surface area contributed by atoms with Gasteiger partial charge in [-0.1, -0.05) is 154 Å². The number of aliphatic hydroxyl groups excluding tert-OH is 5. The Labute approximate surface area is 343 Å². The lowest BCUT2D eigenvalue weighted by atomic mass is 9.85. The summed E-state index contributed by atoms with van der Waals surface area (Å²) in [4.78, 5) is 35.6. The summed E-state index contributed by atoms with van der Waals surface area (Å²) in [6.45, 7) is 3.28. The second kappa shape index (κ2) is 34.3. The van der Waals surface area contributed by atoms with Gasteiger partial charge in [-0.15, -0.1) is 0 Å². The fraction of sp³-hybridized carbons (Fsp3) is 0.907. The van der Waals surface area contributed by atoms with Gasteiger partial charge in [0.15, 0.2) is 6.10 Å². The number of carbonyl (C=O) groups excluding carboxylic acids is 2. The zero-order valence-electron chi connectivity index (χ0n) is 35.4. The number of carbonyl (C=O) groups is 2. The highest BCUT2D eigenvalue weighted by atomic mass is 31.2. The van der Waals surface area contributed by atoms with Crippen LogP contribution < -0.4 is 0 Å². The monoisotopic (exact) mass is 837 g/mol. The number of aliphatic hydroxyl groups is 5. The summed E-state index contributed by atoms with van der Waals surface area (Å²) in [6.07, 6.45) is 21.2. The average molecular weight is 837 g/mol. The van der Waals surface area contributed by atoms with Crippen LogP contribution >= 0.6 is 7.82 Å². The van der Waals surface area contributed by atoms with Crippen molar-refractivity contribution in [2.24, 2.45) is 0 Å². The molecule has 0 heterocycles. The zero-order chi connectivity index (χ0) is 42.2. The number of phosphoric ester groups is 1. The summed E-state index contributed by atoms with van der Waals surface area (Å²) in [5.41, 5.74) is 0. The van der Waals surface area contributed by atoms with Crippen molar-refractivity contribution in [3.8, 4) is 0 Å². The van der Waals surface area contributed by atoms with Gasteiger partial charge >= 0.3 is 19.8 Å². The molecule has 0 bridgehead atoms. The van der Waals surface area contributed by atoms with Crippen molar-refractivity contribution in [1.82, 2.24) is 0 Å². The first-order valence-electron chi connectivity index (χ1n) is 22.5. The van der Waals surface area contributed by atoms with Gasteiger partial charge in [-0.2, -0.15) is 0 Å². The number of allylic oxidation sites excluding steroid dienone is 2. The third-order valence-electron chi connectivity index (χ3n) is 10.6. The van der Waals surface area contributed by atoms with Crippen LogP contribution in [0.5, 0.6) is 0 Å². The van der Waals surface area contributed by atoms with Gasteiger partial charge in [0.05, 0.1) is 6.61 Å². The molecule has 0 aromatic carbocycles. The summed E-state index contributed by atoms with van der Waals surface area (Å²) in [6, 6.07) is 0. The third-order valence-corrected chi connectivity index (χ3v) is 11.6. The summed E-state index contributed by atoms with van der Waals surface area (Å²) in [7, 11) is -5.11. The summed E-state index contributed by atoms with van der Waals surface area (Å²) >= 11 is 0. The van der Waals surface area contributed by atoms with Crippen molar-refractivity contribution < 1.29 is 63.1 Å². The Bertz CT molecular complexity index is 1060. The SMILES string of the molecule is CCCCCC/C=C\CCCCCCCCCC(=O)OC[C@H](COP(=O)(O)OC1C(O)C(O)C(O)[C@@H](O)C1O)OC(=O)CCCCCCCCCCCCCCC. The number of rotatable bonds is 37. The molecule has 0 saturated heterocycles. The Balaban J connectivity index is 2.47. The molecule has 14 heteroatoms. The number of ether oxygens (including phenoxy) is 2. The normalized spacial score (nSPS) is 22.7. The van der Waals surface area contributed by atoms with E-state index in [4.69, 9.17) is 18.5 Å². The van der Waals surface area contributed by atoms with E-state index < -0.39 is 75.7 Å². The lowest BCUT2D eigenvalue weighted by molar-refractivity contribution is -0.220. The Morgan fingerprint density at radius 2 is 0.895 bits per heavy atom. The molecule has 1 aliphatic rings. The molecular formula is C43H81O13P. The van der Waals surface area contributed by atoms with E-state index in [1.807, 2.05) is 0 Å². The first-order valence-corrected chi connectivity index (χ1v) is 24.0. The predicted molar refractivity (Wildman–Crippen MR) is 221 cm³/mol. The van der Waals surface area contributed by atoms with Crippen LogP contribution in [0.15, 0.2) is 12.2 Å². The van der Waals surface area contributed by atoms with Crippen molar-refractivity contribution in [2.45, 2.75) is 236 Å². The molecule has 6 N–H and O–H groups in total. The predicted octanol–water partition coefficient (Wildman–Crippen LogP) is 8.28. The van der Waals surface area contributed by atoms with E-state index in [1.165, 1.54) is 96.3 Å². The number of hydrogen-bond acceptors (Lipinski definition) is 12.